The lowest BCUT2D eigenvalue weighted by atomic mass is 10.7. The van der Waals surface area contributed by atoms with Crippen LogP contribution < -0.4 is 0 Å². The van der Waals surface area contributed by atoms with E-state index in [2.05, 4.69) is 54.2 Å². The first kappa shape index (κ1) is 13.7. The van der Waals surface area contributed by atoms with E-state index in [0.29, 0.717) is 0 Å². The van der Waals surface area contributed by atoms with Crippen molar-refractivity contribution in [1.29, 1.82) is 0 Å². The molecule has 0 atom stereocenters. The summed E-state index contributed by atoms with van der Waals surface area (Å²) in [4.78, 5) is 0. The third-order valence-electron chi connectivity index (χ3n) is 1.10. The molecule has 0 heterocycles. The van der Waals surface area contributed by atoms with Crippen LogP contribution in [-0.2, 0) is 8.23 Å². The van der Waals surface area contributed by atoms with Crippen LogP contribution in [0.25, 0.3) is 0 Å². The monoisotopic (exact) mass is 232 g/mol. The van der Waals surface area contributed by atoms with Gasteiger partial charge in [-0.1, -0.05) is 26.2 Å². The molecule has 0 unspecified atom stereocenters. The van der Waals surface area contributed by atoms with Gasteiger partial charge in [0.25, 0.3) is 0 Å². The van der Waals surface area contributed by atoms with Gasteiger partial charge in [0, 0.05) is 0 Å². The maximum Gasteiger partial charge on any atom is 0.310 e. The van der Waals surface area contributed by atoms with Crippen LogP contribution >= 0.6 is 0 Å². The fraction of sp³-hybridized carbons (Fsp3) is 1.00. The van der Waals surface area contributed by atoms with Crippen molar-refractivity contribution >= 4 is 39.8 Å². The fourth-order valence-corrected chi connectivity index (χ4v) is 13.8. The zero-order valence-electron chi connectivity index (χ0n) is 10.3. The van der Waals surface area contributed by atoms with Crippen LogP contribution in [0, 0.1) is 0 Å². The van der Waals surface area contributed by atoms with Gasteiger partial charge in [-0.05, 0) is 13.1 Å². The van der Waals surface area contributed by atoms with Crippen molar-refractivity contribution in [3.63, 3.8) is 0 Å². The lowest BCUT2D eigenvalue weighted by Gasteiger charge is -2.36. The highest BCUT2D eigenvalue weighted by atomic mass is 28.5. The molecule has 7 heteroatoms. The highest BCUT2D eigenvalue weighted by Gasteiger charge is 2.35. The highest BCUT2D eigenvalue weighted by Crippen LogP contribution is 2.16. The summed E-state index contributed by atoms with van der Waals surface area (Å²) >= 11 is 0. The summed E-state index contributed by atoms with van der Waals surface area (Å²) in [5, 5.41) is 0. The minimum atomic E-state index is -1.85. The van der Waals surface area contributed by atoms with E-state index in [-0.39, 0.29) is 0 Å². The Labute approximate surface area is 87.6 Å². The summed E-state index contributed by atoms with van der Waals surface area (Å²) in [7, 11) is -0.282. The molecule has 0 rings (SSSR count). The Morgan fingerprint density at radius 3 is 1.08 bits per heavy atom. The van der Waals surface area contributed by atoms with Crippen molar-refractivity contribution in [2.75, 3.05) is 0 Å². The van der Waals surface area contributed by atoms with Gasteiger partial charge in [-0.2, -0.15) is 0 Å². The molecule has 0 aromatic heterocycles. The van der Waals surface area contributed by atoms with Crippen molar-refractivity contribution < 1.29 is 8.23 Å². The van der Waals surface area contributed by atoms with E-state index in [1.54, 1.807) is 0 Å². The summed E-state index contributed by atoms with van der Waals surface area (Å²) < 4.78 is 12.2. The predicted molar refractivity (Wildman–Crippen MR) is 71.7 cm³/mol. The molecular formula is C6H22B2O2Si3. The Morgan fingerprint density at radius 1 is 0.692 bits per heavy atom. The third-order valence-corrected chi connectivity index (χ3v) is 9.94. The molecule has 13 heavy (non-hydrogen) atoms. The zero-order valence-corrected chi connectivity index (χ0v) is 13.3. The molecule has 0 bridgehead atoms. The molecule has 0 radical (unpaired) electrons. The number of rotatable bonds is 4. The molecule has 0 fully saturated rings. The van der Waals surface area contributed by atoms with Gasteiger partial charge in [0.1, 0.15) is 31.3 Å². The summed E-state index contributed by atoms with van der Waals surface area (Å²) in [6, 6.07) is 0. The van der Waals surface area contributed by atoms with Crippen molar-refractivity contribution in [1.82, 2.24) is 0 Å². The van der Waals surface area contributed by atoms with Crippen LogP contribution in [0.2, 0.25) is 39.3 Å². The normalized spacial score (nSPS) is 14.6. The van der Waals surface area contributed by atoms with Crippen LogP contribution in [0.4, 0.5) is 0 Å². The maximum absolute atomic E-state index is 6.09. The maximum atomic E-state index is 6.09. The molecule has 0 amide bonds. The quantitative estimate of drug-likeness (QED) is 0.653. The highest BCUT2D eigenvalue weighted by molar-refractivity contribution is 7.17. The lowest BCUT2D eigenvalue weighted by molar-refractivity contribution is 0.407. The summed E-state index contributed by atoms with van der Waals surface area (Å²) in [6.45, 7) is 13.2. The molecule has 0 aromatic carbocycles. The van der Waals surface area contributed by atoms with Gasteiger partial charge in [-0.15, -0.1) is 0 Å². The molecular weight excluding hydrogens is 210 g/mol. The van der Waals surface area contributed by atoms with Gasteiger partial charge >= 0.3 is 8.56 Å². The fourth-order valence-electron chi connectivity index (χ4n) is 1.50. The topological polar surface area (TPSA) is 18.5 Å². The molecule has 0 aliphatic heterocycles. The number of hydrogen-bond acceptors (Lipinski definition) is 2. The first-order valence-electron chi connectivity index (χ1n) is 4.82. The zero-order chi connectivity index (χ0) is 10.9. The van der Waals surface area contributed by atoms with E-state index in [0.717, 1.165) is 0 Å². The summed E-state index contributed by atoms with van der Waals surface area (Å²) in [5.41, 5.74) is 0. The largest absolute Gasteiger partial charge is 0.444 e. The van der Waals surface area contributed by atoms with E-state index < -0.39 is 24.9 Å². The molecule has 2 nitrogen and oxygen atoms in total. The van der Waals surface area contributed by atoms with Crippen LogP contribution in [0.15, 0.2) is 0 Å². The van der Waals surface area contributed by atoms with Crippen molar-refractivity contribution in [2.45, 2.75) is 39.3 Å². The van der Waals surface area contributed by atoms with Crippen LogP contribution in [-0.4, -0.2) is 39.8 Å². The SMILES string of the molecule is B[Si](C)(C)O[Si](C)(C)O[Si](B)(C)C. The minimum Gasteiger partial charge on any atom is -0.444 e. The van der Waals surface area contributed by atoms with Crippen LogP contribution in [0.3, 0.4) is 0 Å². The Hall–Kier alpha value is 0.701. The van der Waals surface area contributed by atoms with Crippen LogP contribution in [0.5, 0.6) is 0 Å². The van der Waals surface area contributed by atoms with E-state index in [9.17, 15) is 0 Å². The van der Waals surface area contributed by atoms with Crippen molar-refractivity contribution in [3.8, 4) is 0 Å². The Bertz CT molecular complexity index is 156. The molecule has 0 aromatic rings. The summed E-state index contributed by atoms with van der Waals surface area (Å²) in [6.07, 6.45) is 0. The van der Waals surface area contributed by atoms with Gasteiger partial charge in [-0.3, -0.25) is 0 Å². The summed E-state index contributed by atoms with van der Waals surface area (Å²) in [5.74, 6) is 0. The number of hydrogen-bond donors (Lipinski definition) is 0. The Balaban J connectivity index is 4.25. The second-order valence-corrected chi connectivity index (χ2v) is 18.7. The van der Waals surface area contributed by atoms with E-state index in [1.165, 1.54) is 0 Å². The average Bonchev–Trinajstić information content (AvgIpc) is 1.43. The predicted octanol–water partition coefficient (Wildman–Crippen LogP) is 0.391. The molecule has 0 spiro atoms. The van der Waals surface area contributed by atoms with Crippen LogP contribution in [0.1, 0.15) is 0 Å². The first-order chi connectivity index (χ1) is 5.41. The van der Waals surface area contributed by atoms with Crippen molar-refractivity contribution in [3.05, 3.63) is 0 Å². The smallest absolute Gasteiger partial charge is 0.310 e. The molecule has 0 saturated heterocycles. The lowest BCUT2D eigenvalue weighted by Crippen LogP contribution is -2.53. The molecule has 0 saturated carbocycles. The van der Waals surface area contributed by atoms with Gasteiger partial charge in [0.05, 0.1) is 0 Å². The van der Waals surface area contributed by atoms with Crippen molar-refractivity contribution in [2.24, 2.45) is 0 Å². The van der Waals surface area contributed by atoms with Gasteiger partial charge in [0.2, 0.25) is 0 Å². The average molecular weight is 232 g/mol. The second kappa shape index (κ2) is 4.06. The molecule has 0 aliphatic rings. The van der Waals surface area contributed by atoms with E-state index in [1.807, 2.05) is 0 Å². The first-order valence-corrected chi connectivity index (χ1v) is 14.4. The molecule has 0 aliphatic carbocycles. The minimum absolute atomic E-state index is 1.43. The van der Waals surface area contributed by atoms with Gasteiger partial charge in [-0.25, -0.2) is 0 Å². The second-order valence-electron chi connectivity index (χ2n) is 5.83. The molecule has 0 N–H and O–H groups in total. The third kappa shape index (κ3) is 9.02. The Morgan fingerprint density at radius 2 is 0.923 bits per heavy atom. The van der Waals surface area contributed by atoms with E-state index in [4.69, 9.17) is 8.23 Å². The van der Waals surface area contributed by atoms with E-state index >= 15 is 0 Å². The van der Waals surface area contributed by atoms with Gasteiger partial charge in [0.15, 0.2) is 0 Å². The standard InChI is InChI=1S/C6H22B2O2Si3/c1-11(2,7)9-13(5,6)10-12(3,4)8/h7-8H2,1-6H3. The molecule has 76 valence electrons. The Kier molecular flexibility index (Phi) is 4.28. The van der Waals surface area contributed by atoms with Gasteiger partial charge < -0.3 is 8.23 Å².